The lowest BCUT2D eigenvalue weighted by atomic mass is 9.88. The van der Waals surface area contributed by atoms with E-state index < -0.39 is 0 Å². The zero-order valence-electron chi connectivity index (χ0n) is 14.5. The number of aliphatic imine (C=N–C) groups is 2. The summed E-state index contributed by atoms with van der Waals surface area (Å²) < 4.78 is 0. The molecule has 0 aromatic carbocycles. The zero-order chi connectivity index (χ0) is 16.8. The molecule has 5 nitrogen and oxygen atoms in total. The molecule has 2 saturated carbocycles. The van der Waals surface area contributed by atoms with Crippen LogP contribution >= 0.6 is 0 Å². The molecular weight excluding hydrogens is 298 g/mol. The SMILES string of the molecule is NC(=Nc1cccc(/N=C(\N)C2CCCCC2)n1)C1CCCCC1. The number of nitrogens with zero attached hydrogens (tertiary/aromatic N) is 3. The van der Waals surface area contributed by atoms with Gasteiger partial charge >= 0.3 is 0 Å². The van der Waals surface area contributed by atoms with Crippen LogP contribution < -0.4 is 11.5 Å². The smallest absolute Gasteiger partial charge is 0.156 e. The molecule has 1 aromatic rings. The van der Waals surface area contributed by atoms with Gasteiger partial charge in [0.15, 0.2) is 11.6 Å². The van der Waals surface area contributed by atoms with Crippen molar-refractivity contribution in [1.82, 2.24) is 4.98 Å². The highest BCUT2D eigenvalue weighted by molar-refractivity contribution is 5.86. The maximum Gasteiger partial charge on any atom is 0.156 e. The second kappa shape index (κ2) is 8.27. The Morgan fingerprint density at radius 2 is 1.17 bits per heavy atom. The number of nitrogens with two attached hydrogens (primary N) is 2. The molecule has 0 bridgehead atoms. The third-order valence-corrected chi connectivity index (χ3v) is 5.25. The first-order valence-electron chi connectivity index (χ1n) is 9.37. The van der Waals surface area contributed by atoms with Gasteiger partial charge in [-0.3, -0.25) is 0 Å². The van der Waals surface area contributed by atoms with Crippen molar-refractivity contribution < 1.29 is 0 Å². The van der Waals surface area contributed by atoms with Gasteiger partial charge in [-0.15, -0.1) is 0 Å². The first kappa shape index (κ1) is 16.9. The maximum absolute atomic E-state index is 6.20. The van der Waals surface area contributed by atoms with E-state index in [-0.39, 0.29) is 0 Å². The van der Waals surface area contributed by atoms with Gasteiger partial charge < -0.3 is 11.5 Å². The van der Waals surface area contributed by atoms with Crippen molar-refractivity contribution in [2.75, 3.05) is 0 Å². The Hall–Kier alpha value is -1.91. The summed E-state index contributed by atoms with van der Waals surface area (Å²) in [6.45, 7) is 0. The van der Waals surface area contributed by atoms with E-state index in [1.807, 2.05) is 18.2 Å². The molecule has 0 radical (unpaired) electrons. The Balaban J connectivity index is 1.71. The van der Waals surface area contributed by atoms with E-state index in [2.05, 4.69) is 15.0 Å². The third-order valence-electron chi connectivity index (χ3n) is 5.25. The predicted octanol–water partition coefficient (Wildman–Crippen LogP) is 4.22. The van der Waals surface area contributed by atoms with Crippen molar-refractivity contribution in [3.8, 4) is 0 Å². The molecule has 0 spiro atoms. The monoisotopic (exact) mass is 327 g/mol. The average molecular weight is 327 g/mol. The highest BCUT2D eigenvalue weighted by atomic mass is 15.0. The van der Waals surface area contributed by atoms with Crippen LogP contribution in [0, 0.1) is 11.8 Å². The lowest BCUT2D eigenvalue weighted by molar-refractivity contribution is 0.437. The van der Waals surface area contributed by atoms with Gasteiger partial charge in [-0.2, -0.15) is 0 Å². The molecule has 1 heterocycles. The maximum atomic E-state index is 6.20. The Kier molecular flexibility index (Phi) is 5.83. The van der Waals surface area contributed by atoms with Crippen molar-refractivity contribution in [1.29, 1.82) is 0 Å². The quantitative estimate of drug-likeness (QED) is 0.641. The first-order valence-corrected chi connectivity index (χ1v) is 9.37. The normalized spacial score (nSPS) is 21.8. The van der Waals surface area contributed by atoms with E-state index in [9.17, 15) is 0 Å². The topological polar surface area (TPSA) is 89.6 Å². The van der Waals surface area contributed by atoms with E-state index in [0.29, 0.717) is 35.1 Å². The molecule has 0 unspecified atom stereocenters. The van der Waals surface area contributed by atoms with E-state index in [0.717, 1.165) is 25.7 Å². The molecule has 3 rings (SSSR count). The number of amidine groups is 2. The molecular formula is C19H29N5. The van der Waals surface area contributed by atoms with Gasteiger partial charge in [0.05, 0.1) is 0 Å². The highest BCUT2D eigenvalue weighted by Crippen LogP contribution is 2.26. The van der Waals surface area contributed by atoms with Gasteiger partial charge in [0.2, 0.25) is 0 Å². The predicted molar refractivity (Wildman–Crippen MR) is 100.0 cm³/mol. The van der Waals surface area contributed by atoms with Crippen LogP contribution in [0.1, 0.15) is 64.2 Å². The summed E-state index contributed by atoms with van der Waals surface area (Å²) in [5, 5.41) is 0. The van der Waals surface area contributed by atoms with Crippen LogP contribution in [-0.4, -0.2) is 16.7 Å². The third kappa shape index (κ3) is 4.56. The van der Waals surface area contributed by atoms with Gasteiger partial charge in [-0.25, -0.2) is 15.0 Å². The molecule has 0 atom stereocenters. The molecule has 1 aromatic heterocycles. The number of hydrogen-bond donors (Lipinski definition) is 2. The van der Waals surface area contributed by atoms with Crippen LogP contribution in [0.3, 0.4) is 0 Å². The second-order valence-corrected chi connectivity index (χ2v) is 7.10. The fraction of sp³-hybridized carbons (Fsp3) is 0.632. The van der Waals surface area contributed by atoms with Crippen LogP contribution in [0.2, 0.25) is 0 Å². The summed E-state index contributed by atoms with van der Waals surface area (Å²) in [5.41, 5.74) is 12.4. The van der Waals surface area contributed by atoms with Crippen LogP contribution in [0.25, 0.3) is 0 Å². The summed E-state index contributed by atoms with van der Waals surface area (Å²) in [7, 11) is 0. The second-order valence-electron chi connectivity index (χ2n) is 7.10. The van der Waals surface area contributed by atoms with E-state index >= 15 is 0 Å². The average Bonchev–Trinajstić information content (AvgIpc) is 2.63. The molecule has 0 saturated heterocycles. The zero-order valence-corrected chi connectivity index (χ0v) is 14.5. The van der Waals surface area contributed by atoms with Crippen LogP contribution in [-0.2, 0) is 0 Å². The molecule has 2 aliphatic carbocycles. The van der Waals surface area contributed by atoms with Gasteiger partial charge in [0, 0.05) is 11.8 Å². The number of pyridine rings is 1. The summed E-state index contributed by atoms with van der Waals surface area (Å²) in [6, 6.07) is 5.68. The molecule has 4 N–H and O–H groups in total. The van der Waals surface area contributed by atoms with E-state index in [1.54, 1.807) is 0 Å². The molecule has 24 heavy (non-hydrogen) atoms. The lowest BCUT2D eigenvalue weighted by Crippen LogP contribution is -2.25. The van der Waals surface area contributed by atoms with Gasteiger partial charge in [0.25, 0.3) is 0 Å². The number of hydrogen-bond acceptors (Lipinski definition) is 3. The Morgan fingerprint density at radius 3 is 1.58 bits per heavy atom. The highest BCUT2D eigenvalue weighted by Gasteiger charge is 2.18. The molecule has 2 fully saturated rings. The van der Waals surface area contributed by atoms with Crippen molar-refractivity contribution in [3.05, 3.63) is 18.2 Å². The first-order chi connectivity index (χ1) is 11.7. The largest absolute Gasteiger partial charge is 0.387 e. The van der Waals surface area contributed by atoms with Crippen molar-refractivity contribution >= 4 is 23.3 Å². The van der Waals surface area contributed by atoms with Crippen LogP contribution in [0.4, 0.5) is 11.6 Å². The van der Waals surface area contributed by atoms with Crippen molar-refractivity contribution in [2.24, 2.45) is 33.3 Å². The fourth-order valence-corrected chi connectivity index (χ4v) is 3.78. The van der Waals surface area contributed by atoms with Crippen LogP contribution in [0.15, 0.2) is 28.2 Å². The minimum atomic E-state index is 0.403. The Bertz CT molecular complexity index is 546. The molecule has 0 aliphatic heterocycles. The summed E-state index contributed by atoms with van der Waals surface area (Å²) in [6.07, 6.45) is 12.2. The number of aromatic nitrogens is 1. The Labute approximate surface area is 144 Å². The van der Waals surface area contributed by atoms with E-state index in [1.165, 1.54) is 38.5 Å². The van der Waals surface area contributed by atoms with Crippen molar-refractivity contribution in [2.45, 2.75) is 64.2 Å². The number of rotatable bonds is 4. The molecule has 130 valence electrons. The van der Waals surface area contributed by atoms with Gasteiger partial charge in [0.1, 0.15) is 11.7 Å². The molecule has 5 heteroatoms. The summed E-state index contributed by atoms with van der Waals surface area (Å²) in [5.74, 6) is 3.50. The summed E-state index contributed by atoms with van der Waals surface area (Å²) >= 11 is 0. The van der Waals surface area contributed by atoms with Gasteiger partial charge in [-0.05, 0) is 37.8 Å². The molecule has 0 amide bonds. The fourth-order valence-electron chi connectivity index (χ4n) is 3.78. The van der Waals surface area contributed by atoms with Crippen molar-refractivity contribution in [3.63, 3.8) is 0 Å². The lowest BCUT2D eigenvalue weighted by Gasteiger charge is -2.21. The minimum absolute atomic E-state index is 0.403. The van der Waals surface area contributed by atoms with Gasteiger partial charge in [-0.1, -0.05) is 44.6 Å². The summed E-state index contributed by atoms with van der Waals surface area (Å²) in [4.78, 5) is 13.6. The standard InChI is InChI=1S/C19H29N5/c20-18(14-8-3-1-4-9-14)23-16-12-7-13-17(22-16)24-19(21)15-10-5-2-6-11-15/h7,12-15H,1-6,8-11H2,(H4,20,21,22,23,24). The van der Waals surface area contributed by atoms with Crippen LogP contribution in [0.5, 0.6) is 0 Å². The van der Waals surface area contributed by atoms with E-state index in [4.69, 9.17) is 11.5 Å². The minimum Gasteiger partial charge on any atom is -0.387 e. The Morgan fingerprint density at radius 1 is 0.750 bits per heavy atom. The molecule has 2 aliphatic rings.